The Balaban J connectivity index is 0.954. The molecule has 2 heterocycles. The van der Waals surface area contributed by atoms with Crippen LogP contribution in [-0.4, -0.2) is 22.4 Å². The summed E-state index contributed by atoms with van der Waals surface area (Å²) in [5.41, 5.74) is 10.3. The Morgan fingerprint density at radius 3 is 1.00 bits per heavy atom. The number of aliphatic hydroxyl groups excluding tert-OH is 2. The van der Waals surface area contributed by atoms with Gasteiger partial charge in [-0.05, 0) is 79.9 Å². The molecular weight excluding hydrogens is 1220 g/mol. The lowest BCUT2D eigenvalue weighted by molar-refractivity contribution is 0.000521. The molecule has 0 amide bonds. The van der Waals surface area contributed by atoms with Gasteiger partial charge in [0, 0.05) is 41.3 Å². The Kier molecular flexibility index (Phi) is 20.2. The largest absolute Gasteiger partial charge is 0.489 e. The van der Waals surface area contributed by atoms with E-state index >= 15 is 0 Å². The van der Waals surface area contributed by atoms with Gasteiger partial charge in [-0.3, -0.25) is 0 Å². The van der Waals surface area contributed by atoms with Gasteiger partial charge in [0.2, 0.25) is 0 Å². The first-order valence-corrected chi connectivity index (χ1v) is 33.1. The van der Waals surface area contributed by atoms with Crippen LogP contribution in [0.15, 0.2) is 297 Å². The van der Waals surface area contributed by atoms with E-state index in [0.717, 1.165) is 44.5 Å². The predicted molar refractivity (Wildman–Crippen MR) is 376 cm³/mol. The lowest BCUT2D eigenvalue weighted by atomic mass is 9.77. The van der Waals surface area contributed by atoms with Crippen LogP contribution in [0, 0.1) is 0 Å². The Bertz CT molecular complexity index is 4530. The maximum atomic E-state index is 14.1. The van der Waals surface area contributed by atoms with Crippen molar-refractivity contribution in [2.75, 3.05) is 0 Å². The number of aliphatic hydroxyl groups is 2. The molecule has 0 radical (unpaired) electrons. The van der Waals surface area contributed by atoms with Gasteiger partial charge < -0.3 is 57.6 Å². The van der Waals surface area contributed by atoms with Gasteiger partial charge in [0.25, 0.3) is 0 Å². The molecule has 0 saturated carbocycles. The molecule has 0 unspecified atom stereocenters. The number of hydrogen-bond donors (Lipinski definition) is 2. The second-order valence-electron chi connectivity index (χ2n) is 24.4. The number of rotatable bonds is 27. The summed E-state index contributed by atoms with van der Waals surface area (Å²) in [6, 6.07) is 96.4. The second-order valence-corrected chi connectivity index (χ2v) is 24.4. The average Bonchev–Trinajstić information content (AvgIpc) is 0.724. The minimum absolute atomic E-state index is 0.0638. The summed E-state index contributed by atoms with van der Waals surface area (Å²) in [4.78, 5) is 0. The first-order chi connectivity index (χ1) is 48.4. The Morgan fingerprint density at radius 1 is 0.286 bits per heavy atom. The molecule has 0 saturated heterocycles. The van der Waals surface area contributed by atoms with E-state index in [2.05, 4.69) is 0 Å². The van der Waals surface area contributed by atoms with Crippen LogP contribution in [0.25, 0.3) is 0 Å². The van der Waals surface area contributed by atoms with Crippen molar-refractivity contribution in [1.29, 1.82) is 0 Å². The molecule has 2 aliphatic heterocycles. The van der Waals surface area contributed by atoms with Crippen LogP contribution in [0.3, 0.4) is 0 Å². The summed E-state index contributed by atoms with van der Waals surface area (Å²) < 4.78 is 69.4. The molecule has 0 aromatic heterocycles. The van der Waals surface area contributed by atoms with E-state index in [9.17, 15) is 10.2 Å². The summed E-state index contributed by atoms with van der Waals surface area (Å²) in [6.45, 7) is 1.75. The zero-order valence-corrected chi connectivity index (χ0v) is 54.0. The Morgan fingerprint density at radius 2 is 0.612 bits per heavy atom. The second kappa shape index (κ2) is 31.0. The topological polar surface area (TPSA) is 133 Å². The van der Waals surface area contributed by atoms with Gasteiger partial charge in [-0.15, -0.1) is 0 Å². The molecule has 12 aromatic rings. The van der Waals surface area contributed by atoms with Crippen LogP contribution in [0.4, 0.5) is 0 Å². The molecule has 14 rings (SSSR count). The molecule has 0 spiro atoms. The molecule has 12 heteroatoms. The molecule has 0 fully saturated rings. The molecular formula is C86H74O12. The summed E-state index contributed by atoms with van der Waals surface area (Å²) in [5, 5.41) is 27.0. The Labute approximate surface area is 571 Å². The number of hydrogen-bond acceptors (Lipinski definition) is 12. The van der Waals surface area contributed by atoms with Crippen LogP contribution >= 0.6 is 0 Å². The van der Waals surface area contributed by atoms with Crippen LogP contribution in [0.5, 0.6) is 57.5 Å². The predicted octanol–water partition coefficient (Wildman–Crippen LogP) is 18.0. The zero-order chi connectivity index (χ0) is 66.2. The van der Waals surface area contributed by atoms with Crippen molar-refractivity contribution in [2.45, 2.75) is 89.6 Å². The standard InChI is InChI=1S/C86H74O12/c87-71-49-70-74(92-54-62-31-15-4-16-32-62)50-78(96-58-66-39-23-8-24-40-66)81(86(70)98-84(71)67-41-43-72(90-52-60-27-11-2-12-28-60)75(45-67)93-55-63-33-17-5-18-34-63)82-80-77(95-57-65-37-21-7-22-38-65)47-69(89-51-59-25-9-1-10-26-59)48-79(80)97-85(83(82)88)68-42-44-73(91-53-61-29-13-3-14-30-61)76(46-68)94-56-64-35-19-6-20-36-64/h1-48,50,71,82-85,87-88H,49,51-58H2/t71-,82-,83-,84-,85-/m1/s1. The van der Waals surface area contributed by atoms with E-state index in [0.29, 0.717) is 91.9 Å². The molecule has 0 aliphatic carbocycles. The van der Waals surface area contributed by atoms with Gasteiger partial charge in [-0.25, -0.2) is 0 Å². The van der Waals surface area contributed by atoms with Crippen LogP contribution < -0.4 is 47.4 Å². The summed E-state index contributed by atoms with van der Waals surface area (Å²) >= 11 is 0. The van der Waals surface area contributed by atoms with E-state index in [-0.39, 0.29) is 52.7 Å². The molecule has 2 aliphatic rings. The minimum Gasteiger partial charge on any atom is -0.489 e. The Hall–Kier alpha value is -11.4. The van der Waals surface area contributed by atoms with E-state index < -0.39 is 30.3 Å². The first-order valence-electron chi connectivity index (χ1n) is 33.1. The molecule has 0 bridgehead atoms. The molecule has 12 nitrogen and oxygen atoms in total. The van der Waals surface area contributed by atoms with Crippen molar-refractivity contribution in [2.24, 2.45) is 0 Å². The third-order valence-corrected chi connectivity index (χ3v) is 17.5. The summed E-state index contributed by atoms with van der Waals surface area (Å²) in [6.07, 6.45) is -4.62. The number of ether oxygens (including phenoxy) is 10. The maximum Gasteiger partial charge on any atom is 0.162 e. The van der Waals surface area contributed by atoms with Gasteiger partial charge in [-0.1, -0.05) is 255 Å². The van der Waals surface area contributed by atoms with E-state index in [1.165, 1.54) is 0 Å². The fourth-order valence-electron chi connectivity index (χ4n) is 12.4. The van der Waals surface area contributed by atoms with E-state index in [1.54, 1.807) is 0 Å². The third kappa shape index (κ3) is 15.6. The van der Waals surface area contributed by atoms with Gasteiger partial charge in [0.15, 0.2) is 29.1 Å². The number of benzene rings is 12. The minimum atomic E-state index is -1.43. The SMILES string of the molecule is O[C@@H]1[C@@H](c2c(OCc3ccccc3)cc(OCc3ccccc3)c3c2O[C@H](c2ccc(OCc4ccccc4)c(OCc4ccccc4)c2)[C@H](O)C3)c2c(OCc3ccccc3)cc(OCc3ccccc3)cc2O[C@@H]1c1ccc(OCc2ccccc2)c(OCc2ccccc2)c1. The first kappa shape index (κ1) is 63.9. The van der Waals surface area contributed by atoms with Gasteiger partial charge in [0.05, 0.1) is 12.0 Å². The quantitative estimate of drug-likeness (QED) is 0.0508. The van der Waals surface area contributed by atoms with Crippen molar-refractivity contribution >= 4 is 0 Å². The fourth-order valence-corrected chi connectivity index (χ4v) is 12.4. The fraction of sp³-hybridized carbons (Fsp3) is 0.163. The normalized spacial score (nSPS) is 16.0. The molecule has 12 aromatic carbocycles. The highest BCUT2D eigenvalue weighted by Crippen LogP contribution is 2.58. The van der Waals surface area contributed by atoms with E-state index in [1.807, 2.05) is 297 Å². The van der Waals surface area contributed by atoms with Gasteiger partial charge in [0.1, 0.15) is 99.6 Å². The van der Waals surface area contributed by atoms with Gasteiger partial charge in [-0.2, -0.15) is 0 Å². The van der Waals surface area contributed by atoms with Crippen LogP contribution in [-0.2, 0) is 59.3 Å². The highest BCUT2D eigenvalue weighted by atomic mass is 16.5. The molecule has 2 N–H and O–H groups in total. The smallest absolute Gasteiger partial charge is 0.162 e. The monoisotopic (exact) mass is 1300 g/mol. The lowest BCUT2D eigenvalue weighted by Crippen LogP contribution is -2.37. The average molecular weight is 1300 g/mol. The third-order valence-electron chi connectivity index (χ3n) is 17.5. The maximum absolute atomic E-state index is 14.1. The summed E-state index contributed by atoms with van der Waals surface area (Å²) in [7, 11) is 0. The van der Waals surface area contributed by atoms with E-state index in [4.69, 9.17) is 47.4 Å². The molecule has 5 atom stereocenters. The summed E-state index contributed by atoms with van der Waals surface area (Å²) in [5.74, 6) is 3.21. The van der Waals surface area contributed by atoms with Crippen molar-refractivity contribution in [3.8, 4) is 57.5 Å². The highest BCUT2D eigenvalue weighted by molar-refractivity contribution is 5.67. The number of fused-ring (bicyclic) bond motifs is 2. The van der Waals surface area contributed by atoms with Crippen LogP contribution in [0.1, 0.15) is 90.5 Å². The van der Waals surface area contributed by atoms with Crippen molar-refractivity contribution < 1.29 is 57.6 Å². The zero-order valence-electron chi connectivity index (χ0n) is 54.0. The van der Waals surface area contributed by atoms with Crippen LogP contribution in [0.2, 0.25) is 0 Å². The molecule has 98 heavy (non-hydrogen) atoms. The lowest BCUT2D eigenvalue weighted by Gasteiger charge is -2.41. The van der Waals surface area contributed by atoms with Gasteiger partial charge >= 0.3 is 0 Å². The van der Waals surface area contributed by atoms with Crippen molar-refractivity contribution in [3.05, 3.63) is 370 Å². The highest BCUT2D eigenvalue weighted by Gasteiger charge is 2.47. The van der Waals surface area contributed by atoms with Crippen molar-refractivity contribution in [3.63, 3.8) is 0 Å². The molecule has 490 valence electrons. The van der Waals surface area contributed by atoms with Crippen molar-refractivity contribution in [1.82, 2.24) is 0 Å².